The van der Waals surface area contributed by atoms with Gasteiger partial charge in [0.25, 0.3) is 0 Å². The lowest BCUT2D eigenvalue weighted by Crippen LogP contribution is -2.55. The number of nitrogens with one attached hydrogen (secondary N) is 1. The van der Waals surface area contributed by atoms with Gasteiger partial charge in [0, 0.05) is 16.1 Å². The summed E-state index contributed by atoms with van der Waals surface area (Å²) in [5.74, 6) is -0.222. The number of hydrogen-bond donors (Lipinski definition) is 2. The molecule has 1 aromatic carbocycles. The Bertz CT molecular complexity index is 505. The molecule has 2 N–H and O–H groups in total. The molecule has 0 unspecified atom stereocenters. The monoisotopic (exact) mass is 299 g/mol. The van der Waals surface area contributed by atoms with Gasteiger partial charge in [0.15, 0.2) is 0 Å². The quantitative estimate of drug-likeness (QED) is 0.840. The Morgan fingerprint density at radius 1 is 1.42 bits per heavy atom. The molecule has 102 valence electrons. The fraction of sp³-hybridized carbons (Fsp3) is 0.357. The average molecular weight is 300 g/mol. The number of carbonyl (C=O) groups excluding carboxylic acids is 1. The van der Waals surface area contributed by atoms with Gasteiger partial charge in [0.05, 0.1) is 12.1 Å². The number of hydrogen-bond acceptors (Lipinski definition) is 2. The molecule has 0 radical (unpaired) electrons. The van der Waals surface area contributed by atoms with E-state index in [0.29, 0.717) is 10.0 Å². The Hall–Kier alpha value is -1.03. The molecule has 0 aliphatic heterocycles. The van der Waals surface area contributed by atoms with Crippen LogP contribution in [0.1, 0.15) is 24.8 Å². The second-order valence-corrected chi connectivity index (χ2v) is 5.62. The lowest BCUT2D eigenvalue weighted by Gasteiger charge is -2.40. The van der Waals surface area contributed by atoms with E-state index in [9.17, 15) is 9.90 Å². The summed E-state index contributed by atoms with van der Waals surface area (Å²) in [6.45, 7) is -0.0196. The fourth-order valence-corrected chi connectivity index (χ4v) is 2.50. The lowest BCUT2D eigenvalue weighted by molar-refractivity contribution is -0.120. The second-order valence-electron chi connectivity index (χ2n) is 4.78. The van der Waals surface area contributed by atoms with Crippen LogP contribution in [0.3, 0.4) is 0 Å². The Morgan fingerprint density at radius 2 is 2.16 bits per heavy atom. The molecule has 0 aromatic heterocycles. The summed E-state index contributed by atoms with van der Waals surface area (Å²) in [6.07, 6.45) is 5.74. The van der Waals surface area contributed by atoms with Crippen LogP contribution in [0.5, 0.6) is 0 Å². The zero-order chi connectivity index (χ0) is 13.9. The number of amides is 1. The summed E-state index contributed by atoms with van der Waals surface area (Å²) in [7, 11) is 0. The highest BCUT2D eigenvalue weighted by atomic mass is 35.5. The Balaban J connectivity index is 2.00. The molecule has 19 heavy (non-hydrogen) atoms. The van der Waals surface area contributed by atoms with E-state index in [1.54, 1.807) is 24.3 Å². The van der Waals surface area contributed by atoms with E-state index in [1.165, 1.54) is 6.08 Å². The highest BCUT2D eigenvalue weighted by Crippen LogP contribution is 2.31. The van der Waals surface area contributed by atoms with Crippen molar-refractivity contribution in [1.29, 1.82) is 0 Å². The third-order valence-corrected chi connectivity index (χ3v) is 3.94. The molecule has 3 nitrogen and oxygen atoms in total. The van der Waals surface area contributed by atoms with Gasteiger partial charge >= 0.3 is 0 Å². The van der Waals surface area contributed by atoms with Crippen molar-refractivity contribution in [2.45, 2.75) is 24.8 Å². The Morgan fingerprint density at radius 3 is 2.68 bits per heavy atom. The van der Waals surface area contributed by atoms with Crippen LogP contribution in [-0.4, -0.2) is 23.2 Å². The smallest absolute Gasteiger partial charge is 0.244 e. The molecule has 1 aliphatic rings. The fourth-order valence-electron chi connectivity index (χ4n) is 2.03. The summed E-state index contributed by atoms with van der Waals surface area (Å²) in [5, 5.41) is 13.2. The highest BCUT2D eigenvalue weighted by Gasteiger charge is 2.37. The summed E-state index contributed by atoms with van der Waals surface area (Å²) in [5.41, 5.74) is 0.304. The lowest BCUT2D eigenvalue weighted by atomic mass is 9.77. The minimum Gasteiger partial charge on any atom is -0.394 e. The molecule has 0 spiro atoms. The van der Waals surface area contributed by atoms with Gasteiger partial charge in [-0.15, -0.1) is 0 Å². The van der Waals surface area contributed by atoms with Gasteiger partial charge in [-0.05, 0) is 43.0 Å². The number of rotatable bonds is 4. The largest absolute Gasteiger partial charge is 0.394 e. The Labute approximate surface area is 122 Å². The van der Waals surface area contributed by atoms with Crippen molar-refractivity contribution in [3.8, 4) is 0 Å². The van der Waals surface area contributed by atoms with E-state index in [2.05, 4.69) is 5.32 Å². The second kappa shape index (κ2) is 5.95. The predicted octanol–water partition coefficient (Wildman–Crippen LogP) is 3.04. The number of aliphatic hydroxyl groups is 1. The van der Waals surface area contributed by atoms with E-state index in [-0.39, 0.29) is 12.5 Å². The van der Waals surface area contributed by atoms with Gasteiger partial charge in [-0.1, -0.05) is 29.3 Å². The van der Waals surface area contributed by atoms with E-state index in [0.717, 1.165) is 24.8 Å². The maximum atomic E-state index is 11.8. The number of benzene rings is 1. The summed E-state index contributed by atoms with van der Waals surface area (Å²) in [4.78, 5) is 11.8. The molecule has 0 saturated heterocycles. The minimum absolute atomic E-state index is 0.0196. The minimum atomic E-state index is -0.425. The molecule has 0 atom stereocenters. The zero-order valence-electron chi connectivity index (χ0n) is 10.3. The van der Waals surface area contributed by atoms with Crippen LogP contribution in [0.4, 0.5) is 0 Å². The zero-order valence-corrected chi connectivity index (χ0v) is 11.8. The topological polar surface area (TPSA) is 49.3 Å². The molecule has 5 heteroatoms. The molecule has 1 saturated carbocycles. The van der Waals surface area contributed by atoms with Gasteiger partial charge < -0.3 is 10.4 Å². The summed E-state index contributed by atoms with van der Waals surface area (Å²) >= 11 is 11.8. The van der Waals surface area contributed by atoms with E-state index >= 15 is 0 Å². The van der Waals surface area contributed by atoms with E-state index in [1.807, 2.05) is 0 Å². The van der Waals surface area contributed by atoms with Gasteiger partial charge in [-0.3, -0.25) is 4.79 Å². The van der Waals surface area contributed by atoms with Crippen molar-refractivity contribution in [1.82, 2.24) is 5.32 Å². The van der Waals surface area contributed by atoms with Crippen LogP contribution in [0.2, 0.25) is 10.0 Å². The average Bonchev–Trinajstić information content (AvgIpc) is 2.33. The van der Waals surface area contributed by atoms with Gasteiger partial charge in [-0.2, -0.15) is 0 Å². The van der Waals surface area contributed by atoms with Crippen LogP contribution in [-0.2, 0) is 4.79 Å². The standard InChI is InChI=1S/C14H15Cl2NO2/c15-11-4-2-10(12(16)8-11)3-5-13(19)17-14(9-18)6-1-7-14/h2-5,8,18H,1,6-7,9H2,(H,17,19)/b5-3+. The molecule has 2 rings (SSSR count). The van der Waals surface area contributed by atoms with E-state index < -0.39 is 5.54 Å². The first-order chi connectivity index (χ1) is 9.04. The van der Waals surface area contributed by atoms with Crippen molar-refractivity contribution in [2.24, 2.45) is 0 Å². The normalized spacial score (nSPS) is 17.2. The summed E-state index contributed by atoms with van der Waals surface area (Å²) in [6, 6.07) is 5.09. The molecular formula is C14H15Cl2NO2. The van der Waals surface area contributed by atoms with E-state index in [4.69, 9.17) is 23.2 Å². The molecule has 1 aromatic rings. The van der Waals surface area contributed by atoms with Crippen molar-refractivity contribution < 1.29 is 9.90 Å². The number of halogens is 2. The van der Waals surface area contributed by atoms with Crippen LogP contribution < -0.4 is 5.32 Å². The molecule has 1 aliphatic carbocycles. The van der Waals surface area contributed by atoms with Crippen LogP contribution in [0.25, 0.3) is 6.08 Å². The van der Waals surface area contributed by atoms with Crippen molar-refractivity contribution in [3.63, 3.8) is 0 Å². The third kappa shape index (κ3) is 3.50. The van der Waals surface area contributed by atoms with Crippen LogP contribution in [0, 0.1) is 0 Å². The first-order valence-electron chi connectivity index (χ1n) is 6.11. The first-order valence-corrected chi connectivity index (χ1v) is 6.86. The van der Waals surface area contributed by atoms with Gasteiger partial charge in [0.1, 0.15) is 0 Å². The molecule has 0 heterocycles. The molecule has 1 amide bonds. The third-order valence-electron chi connectivity index (χ3n) is 3.38. The molecular weight excluding hydrogens is 285 g/mol. The number of carbonyl (C=O) groups is 1. The van der Waals surface area contributed by atoms with Crippen LogP contribution in [0.15, 0.2) is 24.3 Å². The van der Waals surface area contributed by atoms with Gasteiger partial charge in [0.2, 0.25) is 5.91 Å². The van der Waals surface area contributed by atoms with Crippen molar-refractivity contribution in [2.75, 3.05) is 6.61 Å². The SMILES string of the molecule is O=C(/C=C/c1ccc(Cl)cc1Cl)NC1(CO)CCC1. The predicted molar refractivity (Wildman–Crippen MR) is 77.3 cm³/mol. The highest BCUT2D eigenvalue weighted by molar-refractivity contribution is 6.35. The molecule has 1 fully saturated rings. The van der Waals surface area contributed by atoms with Gasteiger partial charge in [-0.25, -0.2) is 0 Å². The number of aliphatic hydroxyl groups excluding tert-OH is 1. The molecule has 0 bridgehead atoms. The van der Waals surface area contributed by atoms with Crippen molar-refractivity contribution in [3.05, 3.63) is 39.9 Å². The first kappa shape index (κ1) is 14.4. The summed E-state index contributed by atoms with van der Waals surface area (Å²) < 4.78 is 0. The maximum absolute atomic E-state index is 11.8. The van der Waals surface area contributed by atoms with Crippen molar-refractivity contribution >= 4 is 35.2 Å². The van der Waals surface area contributed by atoms with Crippen LogP contribution >= 0.6 is 23.2 Å². The maximum Gasteiger partial charge on any atom is 0.244 e. The Kier molecular flexibility index (Phi) is 4.50.